The summed E-state index contributed by atoms with van der Waals surface area (Å²) in [5, 5.41) is 0. The molecule has 0 aromatic rings. The highest BCUT2D eigenvalue weighted by atomic mass is 19.1. The quantitative estimate of drug-likeness (QED) is 0.505. The minimum atomic E-state index is -0.495. The van der Waals surface area contributed by atoms with Crippen molar-refractivity contribution in [3.8, 4) is 0 Å². The van der Waals surface area contributed by atoms with E-state index in [4.69, 9.17) is 0 Å². The topological polar surface area (TPSA) is 12.4 Å². The molecule has 0 aliphatic heterocycles. The van der Waals surface area contributed by atoms with E-state index in [-0.39, 0.29) is 0 Å². The molecule has 0 unspecified atom stereocenters. The Hall–Kier alpha value is -0.920. The van der Waals surface area contributed by atoms with Gasteiger partial charge in [-0.05, 0) is 19.9 Å². The molecule has 9 heavy (non-hydrogen) atoms. The van der Waals surface area contributed by atoms with Crippen LogP contribution in [0.2, 0.25) is 0 Å². The molecule has 50 valence electrons. The Morgan fingerprint density at radius 2 is 2.22 bits per heavy atom. The molecule has 0 saturated heterocycles. The van der Waals surface area contributed by atoms with Crippen molar-refractivity contribution in [2.24, 2.45) is 4.99 Å². The summed E-state index contributed by atoms with van der Waals surface area (Å²) in [5.74, 6) is -0.495. The summed E-state index contributed by atoms with van der Waals surface area (Å²) in [6.07, 6.45) is 2.87. The number of aliphatic imine (C=N–C) groups is 1. The molecule has 0 aromatic carbocycles. The van der Waals surface area contributed by atoms with E-state index < -0.39 is 5.97 Å². The minimum absolute atomic E-state index is 0.477. The first-order valence-corrected chi connectivity index (χ1v) is 2.69. The predicted octanol–water partition coefficient (Wildman–Crippen LogP) is 2.46. The smallest absolute Gasteiger partial charge is 0.212 e. The molecule has 0 bridgehead atoms. The van der Waals surface area contributed by atoms with E-state index in [1.54, 1.807) is 19.9 Å². The van der Waals surface area contributed by atoms with Crippen molar-refractivity contribution >= 4 is 5.97 Å². The zero-order valence-corrected chi connectivity index (χ0v) is 5.69. The lowest BCUT2D eigenvalue weighted by molar-refractivity contribution is 0.809. The molecule has 1 nitrogen and oxygen atoms in total. The fraction of sp³-hybridized carbons (Fsp3) is 0.286. The first-order valence-electron chi connectivity index (χ1n) is 2.69. The fourth-order valence-corrected chi connectivity index (χ4v) is 0.357. The van der Waals surface area contributed by atoms with Gasteiger partial charge < -0.3 is 0 Å². The molecule has 0 fully saturated rings. The van der Waals surface area contributed by atoms with E-state index in [0.29, 0.717) is 5.70 Å². The molecule has 0 aromatic heterocycles. The highest BCUT2D eigenvalue weighted by molar-refractivity contribution is 5.87. The van der Waals surface area contributed by atoms with Gasteiger partial charge in [0, 0.05) is 5.70 Å². The van der Waals surface area contributed by atoms with E-state index in [9.17, 15) is 4.39 Å². The normalized spacial score (nSPS) is 12.6. The van der Waals surface area contributed by atoms with Crippen LogP contribution in [0.5, 0.6) is 0 Å². The van der Waals surface area contributed by atoms with Gasteiger partial charge in [-0.3, -0.25) is 0 Å². The summed E-state index contributed by atoms with van der Waals surface area (Å²) in [4.78, 5) is 3.44. The number of nitrogens with zero attached hydrogens (tertiary/aromatic N) is 1. The van der Waals surface area contributed by atoms with Crippen LogP contribution in [0, 0.1) is 0 Å². The SMILES string of the molecule is C=C(C)/N=C(F)\C=C/C. The van der Waals surface area contributed by atoms with Gasteiger partial charge in [-0.2, -0.15) is 4.39 Å². The monoisotopic (exact) mass is 127 g/mol. The molecule has 0 saturated carbocycles. The van der Waals surface area contributed by atoms with Crippen LogP contribution in [0.15, 0.2) is 29.4 Å². The average molecular weight is 127 g/mol. The number of rotatable bonds is 2. The van der Waals surface area contributed by atoms with Gasteiger partial charge in [-0.1, -0.05) is 12.7 Å². The van der Waals surface area contributed by atoms with Crippen LogP contribution in [0.25, 0.3) is 0 Å². The molecular weight excluding hydrogens is 117 g/mol. The van der Waals surface area contributed by atoms with Crippen LogP contribution >= 0.6 is 0 Å². The molecule has 0 N–H and O–H groups in total. The van der Waals surface area contributed by atoms with Crippen LogP contribution in [0.3, 0.4) is 0 Å². The highest BCUT2D eigenvalue weighted by Gasteiger charge is 1.84. The summed E-state index contributed by atoms with van der Waals surface area (Å²) in [5.41, 5.74) is 0.477. The average Bonchev–Trinajstić information content (AvgIpc) is 1.63. The third kappa shape index (κ3) is 4.94. The van der Waals surface area contributed by atoms with Crippen molar-refractivity contribution < 1.29 is 4.39 Å². The fourth-order valence-electron chi connectivity index (χ4n) is 0.357. The lowest BCUT2D eigenvalue weighted by Crippen LogP contribution is -1.79. The zero-order valence-electron chi connectivity index (χ0n) is 5.69. The maximum atomic E-state index is 12.3. The van der Waals surface area contributed by atoms with Crippen molar-refractivity contribution in [3.05, 3.63) is 24.4 Å². The molecule has 0 aliphatic carbocycles. The maximum absolute atomic E-state index is 12.3. The third-order valence-corrected chi connectivity index (χ3v) is 0.602. The Balaban J connectivity index is 4.00. The van der Waals surface area contributed by atoms with Crippen LogP contribution < -0.4 is 0 Å². The molecule has 2 heteroatoms. The Kier molecular flexibility index (Phi) is 3.60. The second-order valence-electron chi connectivity index (χ2n) is 1.67. The third-order valence-electron chi connectivity index (χ3n) is 0.602. The molecule has 0 spiro atoms. The Morgan fingerprint density at radius 3 is 2.56 bits per heavy atom. The van der Waals surface area contributed by atoms with Crippen LogP contribution in [-0.4, -0.2) is 5.97 Å². The van der Waals surface area contributed by atoms with Crippen LogP contribution in [0.4, 0.5) is 4.39 Å². The first kappa shape index (κ1) is 8.08. The Morgan fingerprint density at radius 1 is 1.67 bits per heavy atom. The predicted molar refractivity (Wildman–Crippen MR) is 38.2 cm³/mol. The van der Waals surface area contributed by atoms with Crippen molar-refractivity contribution in [2.45, 2.75) is 13.8 Å². The van der Waals surface area contributed by atoms with E-state index in [2.05, 4.69) is 11.6 Å². The van der Waals surface area contributed by atoms with Crippen molar-refractivity contribution in [1.82, 2.24) is 0 Å². The second-order valence-corrected chi connectivity index (χ2v) is 1.67. The summed E-state index contributed by atoms with van der Waals surface area (Å²) < 4.78 is 12.3. The van der Waals surface area contributed by atoms with Crippen molar-refractivity contribution in [2.75, 3.05) is 0 Å². The molecule has 0 rings (SSSR count). The largest absolute Gasteiger partial charge is 0.226 e. The Labute approximate surface area is 54.6 Å². The molecule has 0 aliphatic rings. The molecular formula is C7H10FN. The van der Waals surface area contributed by atoms with Crippen molar-refractivity contribution in [3.63, 3.8) is 0 Å². The van der Waals surface area contributed by atoms with Crippen LogP contribution in [-0.2, 0) is 0 Å². The van der Waals surface area contributed by atoms with E-state index in [0.717, 1.165) is 0 Å². The van der Waals surface area contributed by atoms with Gasteiger partial charge in [-0.15, -0.1) is 0 Å². The highest BCUT2D eigenvalue weighted by Crippen LogP contribution is 1.92. The Bertz CT molecular complexity index is 156. The number of halogens is 1. The van der Waals surface area contributed by atoms with E-state index in [1.807, 2.05) is 0 Å². The van der Waals surface area contributed by atoms with E-state index in [1.165, 1.54) is 6.08 Å². The summed E-state index contributed by atoms with van der Waals surface area (Å²) >= 11 is 0. The van der Waals surface area contributed by atoms with Gasteiger partial charge in [0.2, 0.25) is 5.97 Å². The van der Waals surface area contributed by atoms with Gasteiger partial charge in [-0.25, -0.2) is 4.99 Å². The molecule has 0 amide bonds. The van der Waals surface area contributed by atoms with Crippen molar-refractivity contribution in [1.29, 1.82) is 0 Å². The van der Waals surface area contributed by atoms with Gasteiger partial charge >= 0.3 is 0 Å². The standard InChI is InChI=1S/C7H10FN/c1-4-5-7(8)9-6(2)3/h4-5H,2H2,1,3H3/b5-4-,9-7+. The number of allylic oxidation sites excluding steroid dienone is 3. The molecule has 0 heterocycles. The van der Waals surface area contributed by atoms with Crippen LogP contribution in [0.1, 0.15) is 13.8 Å². The minimum Gasteiger partial charge on any atom is -0.226 e. The summed E-state index contributed by atoms with van der Waals surface area (Å²) in [6, 6.07) is 0. The van der Waals surface area contributed by atoms with Gasteiger partial charge in [0.05, 0.1) is 0 Å². The van der Waals surface area contributed by atoms with E-state index >= 15 is 0 Å². The first-order chi connectivity index (χ1) is 4.16. The molecule has 0 atom stereocenters. The lowest BCUT2D eigenvalue weighted by Gasteiger charge is -1.84. The maximum Gasteiger partial charge on any atom is 0.212 e. The van der Waals surface area contributed by atoms with Gasteiger partial charge in [0.15, 0.2) is 0 Å². The number of hydrogen-bond donors (Lipinski definition) is 0. The zero-order chi connectivity index (χ0) is 7.28. The molecule has 0 radical (unpaired) electrons. The van der Waals surface area contributed by atoms with Gasteiger partial charge in [0.25, 0.3) is 0 Å². The lowest BCUT2D eigenvalue weighted by atomic mass is 10.5. The summed E-state index contributed by atoms with van der Waals surface area (Å²) in [7, 11) is 0. The number of hydrogen-bond acceptors (Lipinski definition) is 1. The van der Waals surface area contributed by atoms with Gasteiger partial charge in [0.1, 0.15) is 0 Å². The summed E-state index contributed by atoms with van der Waals surface area (Å²) in [6.45, 7) is 6.79. The second kappa shape index (κ2) is 4.01.